The zero-order valence-corrected chi connectivity index (χ0v) is 21.3. The fourth-order valence-corrected chi connectivity index (χ4v) is 4.04. The number of ether oxygens (including phenoxy) is 2. The largest absolute Gasteiger partial charge is 0.497 e. The average Bonchev–Trinajstić information content (AvgIpc) is 3.35. The first-order valence-corrected chi connectivity index (χ1v) is 12.3. The summed E-state index contributed by atoms with van der Waals surface area (Å²) in [4.78, 5) is 24.7. The second-order valence-corrected chi connectivity index (χ2v) is 9.11. The van der Waals surface area contributed by atoms with Gasteiger partial charge in [-0.3, -0.25) is 14.9 Å². The predicted molar refractivity (Wildman–Crippen MR) is 143 cm³/mol. The number of methoxy groups -OCH3 is 1. The minimum Gasteiger partial charge on any atom is -0.497 e. The Morgan fingerprint density at radius 1 is 1.05 bits per heavy atom. The number of aromatic nitrogens is 2. The van der Waals surface area contributed by atoms with Gasteiger partial charge in [0.15, 0.2) is 0 Å². The van der Waals surface area contributed by atoms with E-state index < -0.39 is 5.91 Å². The normalized spacial score (nSPS) is 10.8. The van der Waals surface area contributed by atoms with Gasteiger partial charge >= 0.3 is 0 Å². The van der Waals surface area contributed by atoms with Gasteiger partial charge in [0.2, 0.25) is 11.0 Å². The highest BCUT2D eigenvalue weighted by atomic mass is 35.5. The van der Waals surface area contributed by atoms with Crippen molar-refractivity contribution in [3.05, 3.63) is 99.5 Å². The summed E-state index contributed by atoms with van der Waals surface area (Å²) in [5.41, 5.74) is 4.53. The van der Waals surface area contributed by atoms with Crippen molar-refractivity contribution < 1.29 is 19.1 Å². The van der Waals surface area contributed by atoms with E-state index in [0.29, 0.717) is 39.3 Å². The number of hydrogen-bond donors (Lipinski definition) is 2. The summed E-state index contributed by atoms with van der Waals surface area (Å²) in [5, 5.41) is 15.8. The molecule has 0 saturated carbocycles. The van der Waals surface area contributed by atoms with Crippen molar-refractivity contribution in [3.8, 4) is 11.5 Å². The number of hydrogen-bond acceptors (Lipinski definition) is 8. The molecule has 4 aromatic rings. The molecular weight excluding hydrogens is 514 g/mol. The van der Waals surface area contributed by atoms with Crippen LogP contribution in [-0.2, 0) is 17.8 Å². The number of anilines is 1. The van der Waals surface area contributed by atoms with Crippen LogP contribution in [0, 0.1) is 0 Å². The highest BCUT2D eigenvalue weighted by Gasteiger charge is 2.13. The Hall–Kier alpha value is -4.28. The molecule has 9 nitrogen and oxygen atoms in total. The lowest BCUT2D eigenvalue weighted by Crippen LogP contribution is -2.19. The van der Waals surface area contributed by atoms with Gasteiger partial charge in [-0.2, -0.15) is 5.10 Å². The van der Waals surface area contributed by atoms with Gasteiger partial charge in [0.05, 0.1) is 19.7 Å². The zero-order valence-electron chi connectivity index (χ0n) is 19.7. The lowest BCUT2D eigenvalue weighted by molar-refractivity contribution is -0.120. The topological polar surface area (TPSA) is 115 Å². The molecule has 0 spiro atoms. The quantitative estimate of drug-likeness (QED) is 0.224. The predicted octanol–water partition coefficient (Wildman–Crippen LogP) is 4.72. The van der Waals surface area contributed by atoms with Crippen LogP contribution in [0.3, 0.4) is 0 Å². The SMILES string of the molecule is COc1ccc(C(=O)Nc2nnc(CC(=O)N/N=C\c3cc(Cl)ccc3OCc3ccccc3)s2)cc1. The second-order valence-electron chi connectivity index (χ2n) is 7.61. The Kier molecular flexibility index (Phi) is 8.79. The molecule has 0 bridgehead atoms. The van der Waals surface area contributed by atoms with E-state index in [1.165, 1.54) is 6.21 Å². The number of hydrazone groups is 1. The molecule has 0 radical (unpaired) electrons. The number of amides is 2. The lowest BCUT2D eigenvalue weighted by Gasteiger charge is -2.09. The van der Waals surface area contributed by atoms with E-state index in [9.17, 15) is 9.59 Å². The first-order chi connectivity index (χ1) is 18.0. The van der Waals surface area contributed by atoms with Crippen molar-refractivity contribution in [1.29, 1.82) is 0 Å². The molecule has 0 aliphatic rings. The van der Waals surface area contributed by atoms with Crippen LogP contribution in [0.2, 0.25) is 5.02 Å². The van der Waals surface area contributed by atoms with Crippen molar-refractivity contribution in [2.24, 2.45) is 5.10 Å². The smallest absolute Gasteiger partial charge is 0.257 e. The van der Waals surface area contributed by atoms with Crippen LogP contribution in [-0.4, -0.2) is 35.3 Å². The Morgan fingerprint density at radius 3 is 2.59 bits per heavy atom. The Labute approximate surface area is 222 Å². The van der Waals surface area contributed by atoms with Crippen LogP contribution in [0.25, 0.3) is 0 Å². The number of benzene rings is 3. The van der Waals surface area contributed by atoms with Gasteiger partial charge in [0.1, 0.15) is 23.1 Å². The summed E-state index contributed by atoms with van der Waals surface area (Å²) < 4.78 is 11.0. The third-order valence-corrected chi connectivity index (χ3v) is 6.03. The summed E-state index contributed by atoms with van der Waals surface area (Å²) in [6, 6.07) is 21.6. The molecule has 188 valence electrons. The molecule has 1 heterocycles. The van der Waals surface area contributed by atoms with Gasteiger partial charge in [-0.05, 0) is 48.0 Å². The Morgan fingerprint density at radius 2 is 1.84 bits per heavy atom. The number of nitrogens with one attached hydrogen (secondary N) is 2. The molecule has 37 heavy (non-hydrogen) atoms. The number of halogens is 1. The van der Waals surface area contributed by atoms with E-state index in [4.69, 9.17) is 21.1 Å². The van der Waals surface area contributed by atoms with Gasteiger partial charge in [-0.25, -0.2) is 5.43 Å². The molecule has 3 aromatic carbocycles. The van der Waals surface area contributed by atoms with E-state index >= 15 is 0 Å². The van der Waals surface area contributed by atoms with E-state index in [1.807, 2.05) is 30.3 Å². The van der Waals surface area contributed by atoms with E-state index in [2.05, 4.69) is 26.0 Å². The van der Waals surface area contributed by atoms with E-state index in [1.54, 1.807) is 49.6 Å². The van der Waals surface area contributed by atoms with Gasteiger partial charge in [0.25, 0.3) is 5.91 Å². The number of rotatable bonds is 10. The fourth-order valence-electron chi connectivity index (χ4n) is 3.12. The molecule has 0 atom stereocenters. The number of nitrogens with zero attached hydrogens (tertiary/aromatic N) is 3. The zero-order chi connectivity index (χ0) is 26.0. The van der Waals surface area contributed by atoms with Crippen molar-refractivity contribution in [2.45, 2.75) is 13.0 Å². The summed E-state index contributed by atoms with van der Waals surface area (Å²) in [6.45, 7) is 0.379. The molecule has 0 fully saturated rings. The Balaban J connectivity index is 1.30. The average molecular weight is 536 g/mol. The molecule has 2 N–H and O–H groups in total. The molecule has 1 aromatic heterocycles. The first kappa shape index (κ1) is 25.8. The van der Waals surface area contributed by atoms with Crippen LogP contribution in [0.5, 0.6) is 11.5 Å². The maximum atomic E-state index is 12.4. The summed E-state index contributed by atoms with van der Waals surface area (Å²) in [7, 11) is 1.55. The van der Waals surface area contributed by atoms with Crippen molar-refractivity contribution >= 4 is 46.1 Å². The molecule has 2 amide bonds. The molecule has 4 rings (SSSR count). The molecule has 0 aliphatic carbocycles. The van der Waals surface area contributed by atoms with E-state index in [0.717, 1.165) is 16.9 Å². The van der Waals surface area contributed by atoms with Crippen LogP contribution in [0.15, 0.2) is 77.9 Å². The maximum Gasteiger partial charge on any atom is 0.257 e. The van der Waals surface area contributed by atoms with Crippen LogP contribution in [0.4, 0.5) is 5.13 Å². The number of carbonyl (C=O) groups excluding carboxylic acids is 2. The third kappa shape index (κ3) is 7.60. The Bertz CT molecular complexity index is 1390. The highest BCUT2D eigenvalue weighted by molar-refractivity contribution is 7.15. The first-order valence-electron chi connectivity index (χ1n) is 11.1. The van der Waals surface area contributed by atoms with Gasteiger partial charge < -0.3 is 9.47 Å². The highest BCUT2D eigenvalue weighted by Crippen LogP contribution is 2.23. The van der Waals surface area contributed by atoms with Crippen molar-refractivity contribution in [2.75, 3.05) is 12.4 Å². The van der Waals surface area contributed by atoms with Gasteiger partial charge in [-0.1, -0.05) is 53.3 Å². The third-order valence-electron chi connectivity index (χ3n) is 4.95. The summed E-state index contributed by atoms with van der Waals surface area (Å²) in [5.74, 6) is 0.489. The number of carbonyl (C=O) groups is 2. The summed E-state index contributed by atoms with van der Waals surface area (Å²) >= 11 is 7.22. The fraction of sp³-hybridized carbons (Fsp3) is 0.115. The minimum absolute atomic E-state index is 0.0552. The molecular formula is C26H22ClN5O4S. The van der Waals surface area contributed by atoms with Gasteiger partial charge in [-0.15, -0.1) is 10.2 Å². The van der Waals surface area contributed by atoms with Crippen LogP contribution < -0.4 is 20.2 Å². The summed E-state index contributed by atoms with van der Waals surface area (Å²) in [6.07, 6.45) is 1.41. The lowest BCUT2D eigenvalue weighted by atomic mass is 10.2. The maximum absolute atomic E-state index is 12.4. The standard InChI is InChI=1S/C26H22ClN5O4S/c1-35-21-10-7-18(8-11-21)25(34)29-26-32-31-24(37-26)14-23(33)30-28-15-19-13-20(27)9-12-22(19)36-16-17-5-3-2-4-6-17/h2-13,15H,14,16H2,1H3,(H,30,33)(H,29,32,34)/b28-15-. The second kappa shape index (κ2) is 12.6. The van der Waals surface area contributed by atoms with E-state index in [-0.39, 0.29) is 17.5 Å². The molecule has 11 heteroatoms. The van der Waals surface area contributed by atoms with Crippen molar-refractivity contribution in [3.63, 3.8) is 0 Å². The van der Waals surface area contributed by atoms with Gasteiger partial charge in [0, 0.05) is 16.1 Å². The molecule has 0 unspecified atom stereocenters. The van der Waals surface area contributed by atoms with Crippen LogP contribution >= 0.6 is 22.9 Å². The van der Waals surface area contributed by atoms with Crippen LogP contribution in [0.1, 0.15) is 26.5 Å². The monoisotopic (exact) mass is 535 g/mol. The van der Waals surface area contributed by atoms with Crippen molar-refractivity contribution in [1.82, 2.24) is 15.6 Å². The minimum atomic E-state index is -0.394. The molecule has 0 aliphatic heterocycles. The molecule has 0 saturated heterocycles.